The fourth-order valence-electron chi connectivity index (χ4n) is 2.77. The first-order chi connectivity index (χ1) is 13.0. The summed E-state index contributed by atoms with van der Waals surface area (Å²) in [5.74, 6) is -1.02. The number of carboxylic acid groups (broad SMARTS) is 1. The largest absolute Gasteiger partial charge is 1.00 e. The van der Waals surface area contributed by atoms with Gasteiger partial charge in [-0.3, -0.25) is 4.79 Å². The Bertz CT molecular complexity index is 969. The van der Waals surface area contributed by atoms with Crippen molar-refractivity contribution in [2.75, 3.05) is 0 Å². The van der Waals surface area contributed by atoms with Gasteiger partial charge in [-0.25, -0.2) is 4.98 Å². The third kappa shape index (κ3) is 5.08. The maximum absolute atomic E-state index is 12.2. The Morgan fingerprint density at radius 3 is 2.43 bits per heavy atom. The summed E-state index contributed by atoms with van der Waals surface area (Å²) in [4.78, 5) is 28.6. The number of carbonyl (C=O) groups excluding carboxylic acids is 2. The first kappa shape index (κ1) is 22.3. The van der Waals surface area contributed by atoms with Gasteiger partial charge in [-0.15, -0.1) is 11.3 Å². The second-order valence-corrected chi connectivity index (χ2v) is 6.95. The Kier molecular flexibility index (Phi) is 7.95. The van der Waals surface area contributed by atoms with Crippen LogP contribution in [-0.2, 0) is 13.0 Å². The van der Waals surface area contributed by atoms with E-state index in [0.29, 0.717) is 17.9 Å². The van der Waals surface area contributed by atoms with Crippen LogP contribution in [0.3, 0.4) is 0 Å². The van der Waals surface area contributed by atoms with Crippen molar-refractivity contribution in [3.05, 3.63) is 70.1 Å². The molecule has 0 N–H and O–H groups in total. The molecule has 0 radical (unpaired) electrons. The van der Waals surface area contributed by atoms with Crippen LogP contribution in [0.15, 0.2) is 47.8 Å². The van der Waals surface area contributed by atoms with E-state index in [1.54, 1.807) is 23.5 Å². The van der Waals surface area contributed by atoms with Crippen molar-refractivity contribution in [2.45, 2.75) is 26.9 Å². The molecule has 2 heterocycles. The summed E-state index contributed by atoms with van der Waals surface area (Å²) in [5.41, 5.74) is 3.03. The molecule has 7 heteroatoms. The van der Waals surface area contributed by atoms with Gasteiger partial charge in [0, 0.05) is 0 Å². The van der Waals surface area contributed by atoms with Gasteiger partial charge in [0.05, 0.1) is 22.1 Å². The van der Waals surface area contributed by atoms with E-state index in [4.69, 9.17) is 4.74 Å². The van der Waals surface area contributed by atoms with Crippen LogP contribution >= 0.6 is 11.3 Å². The van der Waals surface area contributed by atoms with Crippen LogP contribution in [0.25, 0.3) is 10.6 Å². The number of rotatable bonds is 7. The number of aromatic carboxylic acids is 1. The molecule has 5 nitrogen and oxygen atoms in total. The molecule has 0 bridgehead atoms. The molecule has 0 saturated heterocycles. The van der Waals surface area contributed by atoms with E-state index in [1.165, 1.54) is 19.1 Å². The predicted octanol–water partition coefficient (Wildman–Crippen LogP) is 0.522. The first-order valence-corrected chi connectivity index (χ1v) is 9.39. The molecule has 0 aliphatic rings. The number of ketones is 1. The molecular formula is C21H18NNaO4S. The Labute approximate surface area is 189 Å². The van der Waals surface area contributed by atoms with Gasteiger partial charge < -0.3 is 14.6 Å². The molecule has 0 aliphatic heterocycles. The number of carboxylic acids is 1. The van der Waals surface area contributed by atoms with Gasteiger partial charge in [0.15, 0.2) is 5.78 Å². The summed E-state index contributed by atoms with van der Waals surface area (Å²) in [6.45, 7) is 3.67. The van der Waals surface area contributed by atoms with Crippen molar-refractivity contribution < 1.29 is 49.0 Å². The second-order valence-electron chi connectivity index (χ2n) is 6.01. The van der Waals surface area contributed by atoms with Crippen molar-refractivity contribution >= 4 is 23.1 Å². The van der Waals surface area contributed by atoms with E-state index >= 15 is 0 Å². The molecule has 3 rings (SSSR count). The predicted molar refractivity (Wildman–Crippen MR) is 102 cm³/mol. The summed E-state index contributed by atoms with van der Waals surface area (Å²) in [6, 6.07) is 12.1. The number of pyridine rings is 1. The zero-order valence-electron chi connectivity index (χ0n) is 16.0. The van der Waals surface area contributed by atoms with Crippen molar-refractivity contribution in [3.63, 3.8) is 0 Å². The van der Waals surface area contributed by atoms with Gasteiger partial charge >= 0.3 is 29.6 Å². The number of Topliss-reactive ketones (excluding diaryl/α,β-unsaturated/α-hetero) is 1. The molecule has 138 valence electrons. The van der Waals surface area contributed by atoms with Crippen LogP contribution in [0.2, 0.25) is 0 Å². The maximum atomic E-state index is 12.2. The van der Waals surface area contributed by atoms with Crippen molar-refractivity contribution in [2.24, 2.45) is 0 Å². The molecule has 0 atom stereocenters. The molecule has 0 amide bonds. The van der Waals surface area contributed by atoms with Gasteiger partial charge in [-0.1, -0.05) is 37.3 Å². The normalized spacial score (nSPS) is 10.2. The standard InChI is InChI=1S/C21H19NO4S.Na/c1-3-15-11-17(18-5-4-10-27-18)22-20(19(15)13(2)23)26-12-14-6-8-16(9-7-14)21(24)25;/h4-11H,3,12H2,1-2H3,(H,24,25);/q;+1/p-1. The fraction of sp³-hybridized carbons (Fsp3) is 0.190. The van der Waals surface area contributed by atoms with E-state index < -0.39 is 5.97 Å². The van der Waals surface area contributed by atoms with Crippen LogP contribution in [0.1, 0.15) is 45.7 Å². The number of hydrogen-bond donors (Lipinski definition) is 0. The summed E-state index contributed by atoms with van der Waals surface area (Å²) >= 11 is 1.57. The van der Waals surface area contributed by atoms with Crippen LogP contribution in [0.5, 0.6) is 5.88 Å². The monoisotopic (exact) mass is 403 g/mol. The number of aryl methyl sites for hydroxylation is 1. The van der Waals surface area contributed by atoms with Gasteiger partial charge in [0.2, 0.25) is 5.88 Å². The number of nitrogens with zero attached hydrogens (tertiary/aromatic N) is 1. The molecule has 0 saturated carbocycles. The van der Waals surface area contributed by atoms with E-state index in [1.807, 2.05) is 30.5 Å². The minimum absolute atomic E-state index is 0. The Balaban J connectivity index is 0.00000280. The Morgan fingerprint density at radius 2 is 1.89 bits per heavy atom. The Morgan fingerprint density at radius 1 is 1.18 bits per heavy atom. The number of ether oxygens (including phenoxy) is 1. The third-order valence-electron chi connectivity index (χ3n) is 4.14. The fourth-order valence-corrected chi connectivity index (χ4v) is 3.46. The summed E-state index contributed by atoms with van der Waals surface area (Å²) in [6.07, 6.45) is 0.687. The molecule has 28 heavy (non-hydrogen) atoms. The van der Waals surface area contributed by atoms with E-state index in [-0.39, 0.29) is 47.5 Å². The Hall–Kier alpha value is -1.99. The topological polar surface area (TPSA) is 79.3 Å². The number of carbonyl (C=O) groups is 2. The molecular weight excluding hydrogens is 385 g/mol. The van der Waals surface area contributed by atoms with Gasteiger partial charge in [0.1, 0.15) is 6.61 Å². The number of aromatic nitrogens is 1. The zero-order valence-corrected chi connectivity index (χ0v) is 18.8. The number of hydrogen-bond acceptors (Lipinski definition) is 6. The second kappa shape index (κ2) is 9.98. The zero-order chi connectivity index (χ0) is 19.4. The van der Waals surface area contributed by atoms with Gasteiger partial charge in [-0.2, -0.15) is 0 Å². The minimum Gasteiger partial charge on any atom is -0.545 e. The van der Waals surface area contributed by atoms with Gasteiger partial charge in [0.25, 0.3) is 0 Å². The molecule has 0 fully saturated rings. The summed E-state index contributed by atoms with van der Waals surface area (Å²) < 4.78 is 5.88. The molecule has 0 unspecified atom stereocenters. The summed E-state index contributed by atoms with van der Waals surface area (Å²) in [7, 11) is 0. The molecule has 1 aromatic carbocycles. The van der Waals surface area contributed by atoms with Crippen molar-refractivity contribution in [1.29, 1.82) is 0 Å². The average Bonchev–Trinajstić information content (AvgIpc) is 3.20. The van der Waals surface area contributed by atoms with Crippen LogP contribution in [0, 0.1) is 0 Å². The minimum atomic E-state index is -1.22. The third-order valence-corrected chi connectivity index (χ3v) is 5.03. The molecule has 0 spiro atoms. The number of thiophene rings is 1. The van der Waals surface area contributed by atoms with Gasteiger partial charge in [-0.05, 0) is 47.5 Å². The molecule has 3 aromatic rings. The van der Waals surface area contributed by atoms with Crippen LogP contribution in [0.4, 0.5) is 0 Å². The average molecular weight is 403 g/mol. The van der Waals surface area contributed by atoms with E-state index in [0.717, 1.165) is 21.7 Å². The van der Waals surface area contributed by atoms with Crippen LogP contribution in [-0.4, -0.2) is 16.7 Å². The number of benzene rings is 1. The smallest absolute Gasteiger partial charge is 0.545 e. The SMILES string of the molecule is CCc1cc(-c2cccs2)nc(OCc2ccc(C(=O)[O-])cc2)c1C(C)=O.[Na+]. The van der Waals surface area contributed by atoms with E-state index in [2.05, 4.69) is 4.98 Å². The van der Waals surface area contributed by atoms with E-state index in [9.17, 15) is 14.7 Å². The molecule has 2 aromatic heterocycles. The van der Waals surface area contributed by atoms with Crippen molar-refractivity contribution in [3.8, 4) is 16.5 Å². The summed E-state index contributed by atoms with van der Waals surface area (Å²) in [5, 5.41) is 12.8. The first-order valence-electron chi connectivity index (χ1n) is 8.51. The van der Waals surface area contributed by atoms with Crippen LogP contribution < -0.4 is 39.4 Å². The van der Waals surface area contributed by atoms with Crippen molar-refractivity contribution in [1.82, 2.24) is 4.98 Å². The maximum Gasteiger partial charge on any atom is 1.00 e. The quantitative estimate of drug-likeness (QED) is 0.425. The molecule has 0 aliphatic carbocycles.